The third-order valence-electron chi connectivity index (χ3n) is 2.08. The number of amides is 1. The molecule has 0 heterocycles. The fraction of sp³-hybridized carbons (Fsp3) is 0.273. The lowest BCUT2D eigenvalue weighted by Gasteiger charge is -2.08. The van der Waals surface area contributed by atoms with Gasteiger partial charge in [-0.3, -0.25) is 9.59 Å². The summed E-state index contributed by atoms with van der Waals surface area (Å²) in [6, 6.07) is 4.26. The molecule has 0 aromatic heterocycles. The van der Waals surface area contributed by atoms with Gasteiger partial charge in [0.05, 0.1) is 5.56 Å². The van der Waals surface area contributed by atoms with Crippen LogP contribution in [0.5, 0.6) is 0 Å². The van der Waals surface area contributed by atoms with Crippen molar-refractivity contribution in [3.63, 3.8) is 0 Å². The molecule has 0 saturated heterocycles. The van der Waals surface area contributed by atoms with Crippen molar-refractivity contribution in [2.24, 2.45) is 0 Å². The maximum absolute atomic E-state index is 12.2. The van der Waals surface area contributed by atoms with Gasteiger partial charge in [-0.25, -0.2) is 0 Å². The first kappa shape index (κ1) is 14.0. The van der Waals surface area contributed by atoms with E-state index < -0.39 is 30.0 Å². The minimum Gasteiger partial charge on any atom is -0.481 e. The molecule has 1 amide bonds. The number of hydrogen-bond donors (Lipinski definition) is 2. The van der Waals surface area contributed by atoms with Gasteiger partial charge < -0.3 is 10.4 Å². The third-order valence-corrected chi connectivity index (χ3v) is 2.08. The molecule has 0 unspecified atom stereocenters. The van der Waals surface area contributed by atoms with E-state index in [0.29, 0.717) is 5.56 Å². The lowest BCUT2D eigenvalue weighted by Crippen LogP contribution is -2.25. The van der Waals surface area contributed by atoms with E-state index in [0.717, 1.165) is 12.1 Å². The van der Waals surface area contributed by atoms with E-state index in [2.05, 4.69) is 5.32 Å². The smallest absolute Gasteiger partial charge is 0.416 e. The fourth-order valence-corrected chi connectivity index (χ4v) is 1.21. The van der Waals surface area contributed by atoms with E-state index in [9.17, 15) is 22.8 Å². The Balaban J connectivity index is 2.54. The molecule has 18 heavy (non-hydrogen) atoms. The van der Waals surface area contributed by atoms with E-state index >= 15 is 0 Å². The van der Waals surface area contributed by atoms with E-state index in [1.807, 2.05) is 0 Å². The van der Waals surface area contributed by atoms with E-state index in [-0.39, 0.29) is 6.54 Å². The number of carboxylic acid groups (broad SMARTS) is 1. The summed E-state index contributed by atoms with van der Waals surface area (Å²) in [6.07, 6.45) is -5.06. The van der Waals surface area contributed by atoms with Crippen molar-refractivity contribution in [1.29, 1.82) is 0 Å². The highest BCUT2D eigenvalue weighted by Gasteiger charge is 2.29. The second-order valence-electron chi connectivity index (χ2n) is 3.54. The maximum Gasteiger partial charge on any atom is 0.416 e. The number of nitrogens with one attached hydrogen (secondary N) is 1. The Hall–Kier alpha value is -2.05. The molecular formula is C11H10F3NO3. The van der Waals surface area contributed by atoms with Gasteiger partial charge in [-0.15, -0.1) is 0 Å². The molecule has 0 aliphatic carbocycles. The van der Waals surface area contributed by atoms with E-state index in [1.165, 1.54) is 12.1 Å². The van der Waals surface area contributed by atoms with Crippen LogP contribution in [0.4, 0.5) is 13.2 Å². The van der Waals surface area contributed by atoms with Crippen molar-refractivity contribution in [1.82, 2.24) is 5.32 Å². The van der Waals surface area contributed by atoms with Gasteiger partial charge in [-0.2, -0.15) is 13.2 Å². The van der Waals surface area contributed by atoms with Gasteiger partial charge >= 0.3 is 12.1 Å². The average Bonchev–Trinajstić information content (AvgIpc) is 2.25. The predicted octanol–water partition coefficient (Wildman–Crippen LogP) is 1.80. The Bertz CT molecular complexity index is 440. The molecule has 0 saturated carbocycles. The summed E-state index contributed by atoms with van der Waals surface area (Å²) in [5.74, 6) is -1.96. The van der Waals surface area contributed by atoms with Gasteiger partial charge in [0.1, 0.15) is 6.42 Å². The lowest BCUT2D eigenvalue weighted by molar-refractivity contribution is -0.141. The van der Waals surface area contributed by atoms with Crippen molar-refractivity contribution >= 4 is 11.9 Å². The standard InChI is InChI=1S/C11H10F3NO3/c12-11(13,14)8-3-1-7(2-4-8)6-15-9(16)5-10(17)18/h1-4H,5-6H2,(H,15,16)(H,17,18). The minimum absolute atomic E-state index is 0.00967. The molecule has 7 heteroatoms. The van der Waals surface area contributed by atoms with Crippen LogP contribution in [0.1, 0.15) is 17.5 Å². The summed E-state index contributed by atoms with van der Waals surface area (Å²) in [4.78, 5) is 21.2. The minimum atomic E-state index is -4.40. The summed E-state index contributed by atoms with van der Waals surface area (Å²) in [5.41, 5.74) is -0.315. The Morgan fingerprint density at radius 3 is 2.17 bits per heavy atom. The van der Waals surface area contributed by atoms with Gasteiger partial charge in [0.25, 0.3) is 0 Å². The van der Waals surface area contributed by atoms with Crippen molar-refractivity contribution in [2.45, 2.75) is 19.1 Å². The number of carbonyl (C=O) groups is 2. The number of hydrogen-bond acceptors (Lipinski definition) is 2. The Kier molecular flexibility index (Phi) is 4.30. The molecule has 0 radical (unpaired) electrons. The highest BCUT2D eigenvalue weighted by molar-refractivity contribution is 5.93. The van der Waals surface area contributed by atoms with Crippen molar-refractivity contribution in [3.8, 4) is 0 Å². The number of halogens is 3. The number of aliphatic carboxylic acids is 1. The van der Waals surface area contributed by atoms with Crippen molar-refractivity contribution in [3.05, 3.63) is 35.4 Å². The zero-order valence-corrected chi connectivity index (χ0v) is 9.12. The van der Waals surface area contributed by atoms with Crippen LogP contribution in [0, 0.1) is 0 Å². The number of carbonyl (C=O) groups excluding carboxylic acids is 1. The fourth-order valence-electron chi connectivity index (χ4n) is 1.21. The molecule has 4 nitrogen and oxygen atoms in total. The van der Waals surface area contributed by atoms with E-state index in [4.69, 9.17) is 5.11 Å². The predicted molar refractivity (Wildman–Crippen MR) is 55.5 cm³/mol. The molecule has 0 aliphatic rings. The van der Waals surface area contributed by atoms with Crippen LogP contribution < -0.4 is 5.32 Å². The molecule has 0 fully saturated rings. The number of benzene rings is 1. The molecule has 98 valence electrons. The second-order valence-corrected chi connectivity index (χ2v) is 3.54. The van der Waals surface area contributed by atoms with Crippen LogP contribution in [-0.4, -0.2) is 17.0 Å². The van der Waals surface area contributed by atoms with Crippen LogP contribution in [0.15, 0.2) is 24.3 Å². The number of alkyl halides is 3. The summed E-state index contributed by atoms with van der Waals surface area (Å²) >= 11 is 0. The normalized spacial score (nSPS) is 11.1. The third kappa shape index (κ3) is 4.44. The summed E-state index contributed by atoms with van der Waals surface area (Å²) in [6.45, 7) is -0.00967. The van der Waals surface area contributed by atoms with Gasteiger partial charge in [0.15, 0.2) is 0 Å². The molecule has 0 spiro atoms. The summed E-state index contributed by atoms with van der Waals surface area (Å²) in [7, 11) is 0. The van der Waals surface area contributed by atoms with Gasteiger partial charge in [0.2, 0.25) is 5.91 Å². The Labute approximate surface area is 100 Å². The first-order valence-corrected chi connectivity index (χ1v) is 4.93. The van der Waals surface area contributed by atoms with Crippen LogP contribution in [0.2, 0.25) is 0 Å². The highest BCUT2D eigenvalue weighted by Crippen LogP contribution is 2.28. The van der Waals surface area contributed by atoms with Crippen molar-refractivity contribution in [2.75, 3.05) is 0 Å². The molecule has 2 N–H and O–H groups in total. The molecule has 1 aromatic rings. The molecule has 0 atom stereocenters. The lowest BCUT2D eigenvalue weighted by atomic mass is 10.1. The molecular weight excluding hydrogens is 251 g/mol. The Morgan fingerprint density at radius 2 is 1.72 bits per heavy atom. The number of carboxylic acids is 1. The molecule has 1 rings (SSSR count). The summed E-state index contributed by atoms with van der Waals surface area (Å²) in [5, 5.41) is 10.6. The second kappa shape index (κ2) is 5.52. The van der Waals surface area contributed by atoms with Gasteiger partial charge in [-0.1, -0.05) is 12.1 Å². The first-order chi connectivity index (χ1) is 8.29. The topological polar surface area (TPSA) is 66.4 Å². The quantitative estimate of drug-likeness (QED) is 0.812. The van der Waals surface area contributed by atoms with Crippen LogP contribution >= 0.6 is 0 Å². The summed E-state index contributed by atoms with van der Waals surface area (Å²) < 4.78 is 36.7. The maximum atomic E-state index is 12.2. The van der Waals surface area contributed by atoms with E-state index in [1.54, 1.807) is 0 Å². The van der Waals surface area contributed by atoms with Crippen LogP contribution in [0.25, 0.3) is 0 Å². The highest BCUT2D eigenvalue weighted by atomic mass is 19.4. The Morgan fingerprint density at radius 1 is 1.17 bits per heavy atom. The van der Waals surface area contributed by atoms with Gasteiger partial charge in [0, 0.05) is 6.54 Å². The monoisotopic (exact) mass is 261 g/mol. The molecule has 0 bridgehead atoms. The zero-order chi connectivity index (χ0) is 13.8. The van der Waals surface area contributed by atoms with Crippen molar-refractivity contribution < 1.29 is 27.9 Å². The molecule has 0 aliphatic heterocycles. The van der Waals surface area contributed by atoms with Gasteiger partial charge in [-0.05, 0) is 17.7 Å². The average molecular weight is 261 g/mol. The largest absolute Gasteiger partial charge is 0.481 e. The zero-order valence-electron chi connectivity index (χ0n) is 9.12. The molecule has 1 aromatic carbocycles. The van der Waals surface area contributed by atoms with Crippen LogP contribution in [-0.2, 0) is 22.3 Å². The number of rotatable bonds is 4. The van der Waals surface area contributed by atoms with Crippen LogP contribution in [0.3, 0.4) is 0 Å². The SMILES string of the molecule is O=C(O)CC(=O)NCc1ccc(C(F)(F)F)cc1. The first-order valence-electron chi connectivity index (χ1n) is 4.93.